The molecule has 4 heterocycles. The number of aromatic nitrogens is 3. The third-order valence-electron chi connectivity index (χ3n) is 5.77. The first kappa shape index (κ1) is 17.8. The highest BCUT2D eigenvalue weighted by Crippen LogP contribution is 2.32. The molecule has 0 unspecified atom stereocenters. The second-order valence-electron chi connectivity index (χ2n) is 8.10. The zero-order chi connectivity index (χ0) is 19.1. The fourth-order valence-electron chi connectivity index (χ4n) is 4.39. The maximum absolute atomic E-state index is 4.89. The van der Waals surface area contributed by atoms with Crippen LogP contribution in [0.5, 0.6) is 0 Å². The number of thiophene rings is 1. The van der Waals surface area contributed by atoms with Crippen molar-refractivity contribution in [2.24, 2.45) is 0 Å². The van der Waals surface area contributed by atoms with Crippen LogP contribution in [-0.2, 0) is 6.54 Å². The van der Waals surface area contributed by atoms with Crippen molar-refractivity contribution < 1.29 is 0 Å². The van der Waals surface area contributed by atoms with Crippen LogP contribution in [0.2, 0.25) is 0 Å². The minimum absolute atomic E-state index is 0.408. The molecule has 0 atom stereocenters. The zero-order valence-electron chi connectivity index (χ0n) is 16.5. The van der Waals surface area contributed by atoms with Crippen LogP contribution in [0.15, 0.2) is 48.7 Å². The van der Waals surface area contributed by atoms with E-state index in [4.69, 9.17) is 4.98 Å². The SMILES string of the molecule is CC(C)c1nc2cccnc2n1C1CCN(Cc2cc3ccccc3s2)CC1. The first-order valence-electron chi connectivity index (χ1n) is 10.2. The van der Waals surface area contributed by atoms with Gasteiger partial charge in [0.1, 0.15) is 11.3 Å². The van der Waals surface area contributed by atoms with Crippen molar-refractivity contribution in [3.05, 3.63) is 59.4 Å². The van der Waals surface area contributed by atoms with Gasteiger partial charge in [-0.3, -0.25) is 4.90 Å². The van der Waals surface area contributed by atoms with Crippen LogP contribution < -0.4 is 0 Å². The first-order chi connectivity index (χ1) is 13.7. The Morgan fingerprint density at radius 3 is 2.71 bits per heavy atom. The molecular weight excluding hydrogens is 364 g/mol. The lowest BCUT2D eigenvalue weighted by molar-refractivity contribution is 0.180. The number of rotatable bonds is 4. The Labute approximate surface area is 169 Å². The van der Waals surface area contributed by atoms with Gasteiger partial charge in [0.05, 0.1) is 0 Å². The van der Waals surface area contributed by atoms with Crippen LogP contribution >= 0.6 is 11.3 Å². The summed E-state index contributed by atoms with van der Waals surface area (Å²) < 4.78 is 3.82. The normalized spacial score (nSPS) is 16.5. The van der Waals surface area contributed by atoms with Gasteiger partial charge in [-0.2, -0.15) is 0 Å². The predicted octanol–water partition coefficient (Wildman–Crippen LogP) is 5.61. The molecule has 5 heteroatoms. The molecule has 1 saturated heterocycles. The molecule has 28 heavy (non-hydrogen) atoms. The van der Waals surface area contributed by atoms with Gasteiger partial charge in [0, 0.05) is 47.4 Å². The van der Waals surface area contributed by atoms with E-state index in [-0.39, 0.29) is 0 Å². The third kappa shape index (κ3) is 3.23. The van der Waals surface area contributed by atoms with E-state index in [0.717, 1.165) is 43.6 Å². The fraction of sp³-hybridized carbons (Fsp3) is 0.391. The van der Waals surface area contributed by atoms with E-state index in [0.29, 0.717) is 12.0 Å². The lowest BCUT2D eigenvalue weighted by Crippen LogP contribution is -2.34. The summed E-state index contributed by atoms with van der Waals surface area (Å²) >= 11 is 1.93. The smallest absolute Gasteiger partial charge is 0.160 e. The van der Waals surface area contributed by atoms with Crippen LogP contribution in [0, 0.1) is 0 Å². The molecule has 4 nitrogen and oxygen atoms in total. The van der Waals surface area contributed by atoms with Gasteiger partial charge in [-0.1, -0.05) is 32.0 Å². The number of imidazole rings is 1. The van der Waals surface area contributed by atoms with Crippen molar-refractivity contribution in [3.8, 4) is 0 Å². The maximum atomic E-state index is 4.89. The molecule has 1 aliphatic heterocycles. The van der Waals surface area contributed by atoms with Gasteiger partial charge in [-0.15, -0.1) is 11.3 Å². The maximum Gasteiger partial charge on any atom is 0.160 e. The number of benzene rings is 1. The van der Waals surface area contributed by atoms with Crippen molar-refractivity contribution in [3.63, 3.8) is 0 Å². The standard InChI is InChI=1S/C23H26N4S/c1-16(2)22-25-20-7-5-11-24-23(20)27(22)18-9-12-26(13-10-18)15-19-14-17-6-3-4-8-21(17)28-19/h3-8,11,14,16,18H,9-10,12-13,15H2,1-2H3. The van der Waals surface area contributed by atoms with Gasteiger partial charge in [0.25, 0.3) is 0 Å². The topological polar surface area (TPSA) is 34.0 Å². The second-order valence-corrected chi connectivity index (χ2v) is 9.27. The Balaban J connectivity index is 1.33. The molecule has 0 bridgehead atoms. The fourth-order valence-corrected chi connectivity index (χ4v) is 5.49. The van der Waals surface area contributed by atoms with Crippen molar-refractivity contribution in [2.45, 2.75) is 45.2 Å². The molecule has 3 aromatic heterocycles. The van der Waals surface area contributed by atoms with Gasteiger partial charge >= 0.3 is 0 Å². The highest BCUT2D eigenvalue weighted by atomic mass is 32.1. The zero-order valence-corrected chi connectivity index (χ0v) is 17.3. The Morgan fingerprint density at radius 1 is 1.11 bits per heavy atom. The molecule has 1 aliphatic rings. The molecule has 144 valence electrons. The molecule has 4 aromatic rings. The number of hydrogen-bond acceptors (Lipinski definition) is 4. The molecule has 1 fully saturated rings. The number of hydrogen-bond donors (Lipinski definition) is 0. The number of likely N-dealkylation sites (tertiary alicyclic amines) is 1. The van der Waals surface area contributed by atoms with Crippen molar-refractivity contribution in [2.75, 3.05) is 13.1 Å². The molecule has 1 aromatic carbocycles. The van der Waals surface area contributed by atoms with E-state index < -0.39 is 0 Å². The average molecular weight is 391 g/mol. The molecule has 0 spiro atoms. The molecular formula is C23H26N4S. The van der Waals surface area contributed by atoms with Crippen LogP contribution in [0.3, 0.4) is 0 Å². The van der Waals surface area contributed by atoms with Gasteiger partial charge < -0.3 is 4.57 Å². The first-order valence-corrected chi connectivity index (χ1v) is 11.0. The lowest BCUT2D eigenvalue weighted by Gasteiger charge is -2.33. The van der Waals surface area contributed by atoms with Crippen LogP contribution in [0.1, 0.15) is 49.4 Å². The van der Waals surface area contributed by atoms with Crippen molar-refractivity contribution in [1.29, 1.82) is 0 Å². The van der Waals surface area contributed by atoms with Crippen LogP contribution in [0.25, 0.3) is 21.3 Å². The molecule has 0 aliphatic carbocycles. The predicted molar refractivity (Wildman–Crippen MR) is 117 cm³/mol. The minimum atomic E-state index is 0.408. The van der Waals surface area contributed by atoms with E-state index in [1.54, 1.807) is 0 Å². The van der Waals surface area contributed by atoms with E-state index in [2.05, 4.69) is 64.7 Å². The number of nitrogens with zero attached hydrogens (tertiary/aromatic N) is 4. The average Bonchev–Trinajstić information content (AvgIpc) is 3.29. The van der Waals surface area contributed by atoms with E-state index in [1.165, 1.54) is 20.8 Å². The Morgan fingerprint density at radius 2 is 1.93 bits per heavy atom. The minimum Gasteiger partial charge on any atom is -0.309 e. The Kier molecular flexibility index (Phi) is 4.65. The van der Waals surface area contributed by atoms with Gasteiger partial charge in [-0.25, -0.2) is 9.97 Å². The van der Waals surface area contributed by atoms with Gasteiger partial charge in [0.15, 0.2) is 5.65 Å². The highest BCUT2D eigenvalue weighted by molar-refractivity contribution is 7.19. The quantitative estimate of drug-likeness (QED) is 0.454. The Bertz CT molecular complexity index is 1070. The van der Waals surface area contributed by atoms with Crippen molar-refractivity contribution >= 4 is 32.6 Å². The van der Waals surface area contributed by atoms with Crippen molar-refractivity contribution in [1.82, 2.24) is 19.4 Å². The molecule has 0 radical (unpaired) electrons. The molecule has 0 N–H and O–H groups in total. The summed E-state index contributed by atoms with van der Waals surface area (Å²) in [4.78, 5) is 13.6. The lowest BCUT2D eigenvalue weighted by atomic mass is 10.0. The molecule has 0 amide bonds. The highest BCUT2D eigenvalue weighted by Gasteiger charge is 2.26. The van der Waals surface area contributed by atoms with E-state index in [1.807, 2.05) is 23.6 Å². The monoisotopic (exact) mass is 390 g/mol. The van der Waals surface area contributed by atoms with Crippen LogP contribution in [-0.4, -0.2) is 32.5 Å². The number of pyridine rings is 1. The molecule has 0 saturated carbocycles. The Hall–Kier alpha value is -2.24. The summed E-state index contributed by atoms with van der Waals surface area (Å²) in [7, 11) is 0. The summed E-state index contributed by atoms with van der Waals surface area (Å²) in [6, 6.07) is 15.6. The summed E-state index contributed by atoms with van der Waals surface area (Å²) in [5, 5.41) is 1.37. The second kappa shape index (κ2) is 7.30. The van der Waals surface area contributed by atoms with Gasteiger partial charge in [0.2, 0.25) is 0 Å². The van der Waals surface area contributed by atoms with Crippen LogP contribution in [0.4, 0.5) is 0 Å². The summed E-state index contributed by atoms with van der Waals surface area (Å²) in [5.41, 5.74) is 2.08. The molecule has 5 rings (SSSR count). The van der Waals surface area contributed by atoms with E-state index >= 15 is 0 Å². The van der Waals surface area contributed by atoms with E-state index in [9.17, 15) is 0 Å². The summed E-state index contributed by atoms with van der Waals surface area (Å²) in [6.45, 7) is 7.78. The largest absolute Gasteiger partial charge is 0.309 e. The third-order valence-corrected chi connectivity index (χ3v) is 6.87. The van der Waals surface area contributed by atoms with Gasteiger partial charge in [-0.05, 0) is 42.5 Å². The number of piperidine rings is 1. The number of fused-ring (bicyclic) bond motifs is 2. The summed E-state index contributed by atoms with van der Waals surface area (Å²) in [6.07, 6.45) is 4.21. The summed E-state index contributed by atoms with van der Waals surface area (Å²) in [5.74, 6) is 1.59.